The van der Waals surface area contributed by atoms with E-state index in [1.807, 2.05) is 0 Å². The fourth-order valence-electron chi connectivity index (χ4n) is 1.77. The summed E-state index contributed by atoms with van der Waals surface area (Å²) < 4.78 is 1.53. The summed E-state index contributed by atoms with van der Waals surface area (Å²) in [6.45, 7) is 7.68. The topological polar surface area (TPSA) is 0 Å². The Hall–Kier alpha value is 0.142. The predicted molar refractivity (Wildman–Crippen MR) is 53.3 cm³/mol. The Balaban J connectivity index is 2.76. The van der Waals surface area contributed by atoms with Gasteiger partial charge in [-0.2, -0.15) is 0 Å². The Kier molecular flexibility index (Phi) is 2.73. The van der Waals surface area contributed by atoms with Gasteiger partial charge in [0.2, 0.25) is 0 Å². The predicted octanol–water partition coefficient (Wildman–Crippen LogP) is 2.44. The van der Waals surface area contributed by atoms with E-state index in [4.69, 9.17) is 0 Å². The van der Waals surface area contributed by atoms with Crippen LogP contribution in [0.4, 0.5) is 0 Å². The van der Waals surface area contributed by atoms with Crippen molar-refractivity contribution in [3.8, 4) is 0 Å². The second kappa shape index (κ2) is 3.25. The molecule has 54 valence electrons. The molecule has 0 radical (unpaired) electrons. The van der Waals surface area contributed by atoms with Gasteiger partial charge in [0, 0.05) is 0 Å². The summed E-state index contributed by atoms with van der Waals surface area (Å²) >= 11 is 2.24. The molecule has 0 aliphatic carbocycles. The van der Waals surface area contributed by atoms with Crippen LogP contribution in [0.1, 0.15) is 20.8 Å². The van der Waals surface area contributed by atoms with Gasteiger partial charge in [-0.1, -0.05) is 0 Å². The van der Waals surface area contributed by atoms with Crippen LogP contribution in [0.5, 0.6) is 0 Å². The monoisotopic (exact) mass is 140 g/mol. The van der Waals surface area contributed by atoms with Crippen molar-refractivity contribution in [2.24, 2.45) is 0 Å². The zero-order valence-electron chi connectivity index (χ0n) is 8.02. The molecule has 2 heteroatoms. The van der Waals surface area contributed by atoms with E-state index in [-0.39, 0.29) is 0 Å². The van der Waals surface area contributed by atoms with E-state index in [0.717, 1.165) is 6.71 Å². The van der Waals surface area contributed by atoms with Crippen molar-refractivity contribution in [3.63, 3.8) is 0 Å². The van der Waals surface area contributed by atoms with E-state index >= 15 is 0 Å². The molecular weight excluding hydrogens is 126 g/mol. The average Bonchev–Trinajstić information content (AvgIpc) is 1.86. The van der Waals surface area contributed by atoms with Crippen molar-refractivity contribution in [2.45, 2.75) is 32.4 Å². The first-order valence-electron chi connectivity index (χ1n) is 4.35. The number of hydrogen-bond donors (Lipinski definition) is 0. The van der Waals surface area contributed by atoms with Crippen molar-refractivity contribution >= 4 is 24.4 Å². The number of allylic oxidation sites excluding steroid dienone is 3. The van der Waals surface area contributed by atoms with Gasteiger partial charge < -0.3 is 0 Å². The molecule has 1 rings (SSSR count). The van der Waals surface area contributed by atoms with Crippen molar-refractivity contribution < 1.29 is 0 Å². The number of hydrogen-bond acceptors (Lipinski definition) is 0. The van der Waals surface area contributed by atoms with Crippen LogP contribution in [0.3, 0.4) is 0 Å². The van der Waals surface area contributed by atoms with Gasteiger partial charge in [0.1, 0.15) is 0 Å². The molecular formula is C9H14BLi. The van der Waals surface area contributed by atoms with E-state index in [2.05, 4.69) is 56.7 Å². The van der Waals surface area contributed by atoms with Crippen LogP contribution in [0.15, 0.2) is 22.4 Å². The fraction of sp³-hybridized carbons (Fsp3) is 0.556. The van der Waals surface area contributed by atoms with Gasteiger partial charge in [-0.15, -0.1) is 0 Å². The van der Waals surface area contributed by atoms with Crippen molar-refractivity contribution in [3.05, 3.63) is 22.4 Å². The third kappa shape index (κ3) is 2.29. The molecule has 0 spiro atoms. The Morgan fingerprint density at radius 3 is 2.45 bits per heavy atom. The van der Waals surface area contributed by atoms with Crippen LogP contribution in [0.25, 0.3) is 0 Å². The first kappa shape index (κ1) is 9.23. The summed E-state index contributed by atoms with van der Waals surface area (Å²) in [7, 11) is 0. The molecule has 1 heterocycles. The molecule has 0 saturated heterocycles. The minimum atomic E-state index is 0.422. The van der Waals surface area contributed by atoms with Gasteiger partial charge in [0.25, 0.3) is 0 Å². The molecule has 0 fully saturated rings. The second-order valence-electron chi connectivity index (χ2n) is 4.49. The van der Waals surface area contributed by atoms with E-state index in [9.17, 15) is 0 Å². The van der Waals surface area contributed by atoms with Gasteiger partial charge in [0.15, 0.2) is 0 Å². The zero-order valence-corrected chi connectivity index (χ0v) is 8.02. The summed E-state index contributed by atoms with van der Waals surface area (Å²) in [4.78, 5) is 0. The van der Waals surface area contributed by atoms with Crippen LogP contribution in [-0.2, 0) is 0 Å². The maximum absolute atomic E-state index is 2.31. The molecule has 0 aromatic heterocycles. The van der Waals surface area contributed by atoms with E-state index < -0.39 is 0 Å². The molecule has 0 aromatic carbocycles. The molecule has 0 saturated carbocycles. The first-order chi connectivity index (χ1) is 5.02. The van der Waals surface area contributed by atoms with Crippen LogP contribution >= 0.6 is 0 Å². The van der Waals surface area contributed by atoms with Gasteiger partial charge in [-0.25, -0.2) is 0 Å². The molecule has 1 aliphatic heterocycles. The van der Waals surface area contributed by atoms with Crippen LogP contribution < -0.4 is 0 Å². The van der Waals surface area contributed by atoms with Crippen molar-refractivity contribution in [2.75, 3.05) is 0 Å². The van der Waals surface area contributed by atoms with Gasteiger partial charge in [-0.3, -0.25) is 0 Å². The van der Waals surface area contributed by atoms with E-state index in [1.54, 1.807) is 0 Å². The summed E-state index contributed by atoms with van der Waals surface area (Å²) in [6, 6.07) is 0. The first-order valence-corrected chi connectivity index (χ1v) is 4.35. The normalized spacial score (nSPS) is 18.6. The molecule has 0 amide bonds. The standard InChI is InChI=1S/C9H14B.Li/c1-9(2,3)10-7-5-4-6-8-10;/h4-6H,7H2,1-3H3;. The quantitative estimate of drug-likeness (QED) is 0.453. The van der Waals surface area contributed by atoms with Gasteiger partial charge in [0.05, 0.1) is 0 Å². The van der Waals surface area contributed by atoms with Crippen molar-refractivity contribution in [1.29, 1.82) is 0 Å². The molecule has 11 heavy (non-hydrogen) atoms. The third-order valence-electron chi connectivity index (χ3n) is 2.46. The third-order valence-corrected chi connectivity index (χ3v) is 2.46. The molecule has 0 N–H and O–H groups in total. The summed E-state index contributed by atoms with van der Waals surface area (Å²) in [5, 5.41) is 0.422. The average molecular weight is 140 g/mol. The zero-order chi connectivity index (χ0) is 8.48. The molecule has 0 aromatic rings. The molecule has 0 unspecified atom stereocenters. The SMILES string of the molecule is [Li][C]1=CC=CCB1C(C)(C)C. The summed E-state index contributed by atoms with van der Waals surface area (Å²) in [6.07, 6.45) is 7.88. The fourth-order valence-corrected chi connectivity index (χ4v) is 1.77. The maximum atomic E-state index is 2.31. The molecule has 0 bridgehead atoms. The van der Waals surface area contributed by atoms with Crippen LogP contribution in [0.2, 0.25) is 11.6 Å². The van der Waals surface area contributed by atoms with Crippen LogP contribution in [0, 0.1) is 0 Å². The molecule has 0 nitrogen and oxygen atoms in total. The van der Waals surface area contributed by atoms with Gasteiger partial charge in [-0.05, 0) is 0 Å². The van der Waals surface area contributed by atoms with E-state index in [0.29, 0.717) is 5.31 Å². The van der Waals surface area contributed by atoms with Crippen LogP contribution in [-0.4, -0.2) is 24.4 Å². The Labute approximate surface area is 79.4 Å². The van der Waals surface area contributed by atoms with E-state index in [1.165, 1.54) is 10.5 Å². The molecule has 1 aliphatic rings. The van der Waals surface area contributed by atoms with Gasteiger partial charge >= 0.3 is 79.2 Å². The molecule has 0 atom stereocenters. The Bertz CT molecular complexity index is 198. The summed E-state index contributed by atoms with van der Waals surface area (Å²) in [5.74, 6) is 0. The van der Waals surface area contributed by atoms with Crippen molar-refractivity contribution in [1.82, 2.24) is 0 Å². The Morgan fingerprint density at radius 2 is 2.09 bits per heavy atom. The second-order valence-corrected chi connectivity index (χ2v) is 4.49. The minimum absolute atomic E-state index is 0.422. The Morgan fingerprint density at radius 1 is 1.45 bits per heavy atom. The number of rotatable bonds is 0. The summed E-state index contributed by atoms with van der Waals surface area (Å²) in [5.41, 5.74) is 0.